The normalized spacial score (nSPS) is 10.4. The van der Waals surface area contributed by atoms with E-state index in [1.807, 2.05) is 4.90 Å². The van der Waals surface area contributed by atoms with Crippen LogP contribution in [0.4, 0.5) is 0 Å². The van der Waals surface area contributed by atoms with Crippen LogP contribution >= 0.6 is 11.6 Å². The lowest BCUT2D eigenvalue weighted by molar-refractivity contribution is 0.0751. The quantitative estimate of drug-likeness (QED) is 0.718. The molecule has 3 heteroatoms. The van der Waals surface area contributed by atoms with E-state index >= 15 is 0 Å². The first-order chi connectivity index (χ1) is 8.69. The van der Waals surface area contributed by atoms with E-state index in [-0.39, 0.29) is 5.91 Å². The fourth-order valence-electron chi connectivity index (χ4n) is 1.79. The molecule has 0 fully saturated rings. The molecule has 0 saturated heterocycles. The van der Waals surface area contributed by atoms with Gasteiger partial charge in [-0.15, -0.1) is 0 Å². The molecule has 0 N–H and O–H groups in total. The van der Waals surface area contributed by atoms with E-state index in [2.05, 4.69) is 13.8 Å². The van der Waals surface area contributed by atoms with Crippen molar-refractivity contribution in [1.29, 1.82) is 0 Å². The lowest BCUT2D eigenvalue weighted by Crippen LogP contribution is -2.32. The van der Waals surface area contributed by atoms with Gasteiger partial charge in [0, 0.05) is 23.7 Å². The standard InChI is InChI=1S/C15H22ClNO/c1-3-5-11-17(12-6-4-2)15(18)13-7-9-14(16)10-8-13/h7-10H,3-6,11-12H2,1-2H3. The van der Waals surface area contributed by atoms with Crippen LogP contribution < -0.4 is 0 Å². The number of benzene rings is 1. The van der Waals surface area contributed by atoms with Crippen molar-refractivity contribution in [3.8, 4) is 0 Å². The van der Waals surface area contributed by atoms with Gasteiger partial charge in [-0.25, -0.2) is 0 Å². The summed E-state index contributed by atoms with van der Waals surface area (Å²) in [5.41, 5.74) is 0.728. The lowest BCUT2D eigenvalue weighted by Gasteiger charge is -2.22. The zero-order valence-electron chi connectivity index (χ0n) is 11.3. The third kappa shape index (κ3) is 4.69. The highest BCUT2D eigenvalue weighted by atomic mass is 35.5. The molecule has 0 aromatic heterocycles. The van der Waals surface area contributed by atoms with Crippen molar-refractivity contribution in [3.63, 3.8) is 0 Å². The molecule has 0 atom stereocenters. The maximum Gasteiger partial charge on any atom is 0.253 e. The molecular formula is C15H22ClNO. The largest absolute Gasteiger partial charge is 0.339 e. The summed E-state index contributed by atoms with van der Waals surface area (Å²) in [5.74, 6) is 0.119. The Hall–Kier alpha value is -1.02. The van der Waals surface area contributed by atoms with Gasteiger partial charge in [-0.3, -0.25) is 4.79 Å². The zero-order chi connectivity index (χ0) is 13.4. The van der Waals surface area contributed by atoms with E-state index in [1.165, 1.54) is 0 Å². The number of halogens is 1. The number of rotatable bonds is 7. The monoisotopic (exact) mass is 267 g/mol. The fraction of sp³-hybridized carbons (Fsp3) is 0.533. The van der Waals surface area contributed by atoms with Crippen LogP contribution in [0.15, 0.2) is 24.3 Å². The molecule has 2 nitrogen and oxygen atoms in total. The molecule has 18 heavy (non-hydrogen) atoms. The Kier molecular flexibility index (Phi) is 6.81. The van der Waals surface area contributed by atoms with Crippen LogP contribution in [0.5, 0.6) is 0 Å². The summed E-state index contributed by atoms with van der Waals surface area (Å²) in [6, 6.07) is 7.14. The van der Waals surface area contributed by atoms with Gasteiger partial charge in [0.25, 0.3) is 5.91 Å². The van der Waals surface area contributed by atoms with Gasteiger partial charge in [-0.1, -0.05) is 38.3 Å². The third-order valence-corrected chi connectivity index (χ3v) is 3.19. The summed E-state index contributed by atoms with van der Waals surface area (Å²) in [6.45, 7) is 5.98. The third-order valence-electron chi connectivity index (χ3n) is 2.94. The van der Waals surface area contributed by atoms with Gasteiger partial charge in [-0.2, -0.15) is 0 Å². The Morgan fingerprint density at radius 1 is 1.06 bits per heavy atom. The summed E-state index contributed by atoms with van der Waals surface area (Å²) >= 11 is 5.84. The number of unbranched alkanes of at least 4 members (excludes halogenated alkanes) is 2. The van der Waals surface area contributed by atoms with Crippen molar-refractivity contribution in [1.82, 2.24) is 4.90 Å². The topological polar surface area (TPSA) is 20.3 Å². The van der Waals surface area contributed by atoms with Crippen LogP contribution in [0.2, 0.25) is 5.02 Å². The molecule has 0 aliphatic carbocycles. The van der Waals surface area contributed by atoms with E-state index in [0.717, 1.165) is 44.3 Å². The van der Waals surface area contributed by atoms with E-state index in [1.54, 1.807) is 24.3 Å². The van der Waals surface area contributed by atoms with Crippen LogP contribution in [-0.4, -0.2) is 23.9 Å². The SMILES string of the molecule is CCCCN(CCCC)C(=O)c1ccc(Cl)cc1. The number of nitrogens with zero attached hydrogens (tertiary/aromatic N) is 1. The second-order valence-corrected chi connectivity index (χ2v) is 4.94. The van der Waals surface area contributed by atoms with Crippen molar-refractivity contribution in [2.24, 2.45) is 0 Å². The first kappa shape index (κ1) is 15.0. The van der Waals surface area contributed by atoms with Crippen LogP contribution in [0.25, 0.3) is 0 Å². The van der Waals surface area contributed by atoms with Gasteiger partial charge < -0.3 is 4.90 Å². The molecule has 1 rings (SSSR count). The molecule has 0 heterocycles. The summed E-state index contributed by atoms with van der Waals surface area (Å²) in [7, 11) is 0. The highest BCUT2D eigenvalue weighted by molar-refractivity contribution is 6.30. The molecule has 1 aromatic carbocycles. The summed E-state index contributed by atoms with van der Waals surface area (Å²) in [6.07, 6.45) is 4.33. The Bertz CT molecular complexity index is 353. The number of hydrogen-bond donors (Lipinski definition) is 0. The predicted molar refractivity (Wildman–Crippen MR) is 77.2 cm³/mol. The summed E-state index contributed by atoms with van der Waals surface area (Å²) in [4.78, 5) is 14.3. The first-order valence-corrected chi connectivity index (χ1v) is 7.11. The van der Waals surface area contributed by atoms with Crippen molar-refractivity contribution in [2.45, 2.75) is 39.5 Å². The highest BCUT2D eigenvalue weighted by Crippen LogP contribution is 2.12. The second-order valence-electron chi connectivity index (χ2n) is 4.51. The van der Waals surface area contributed by atoms with Crippen LogP contribution in [0.3, 0.4) is 0 Å². The molecule has 100 valence electrons. The van der Waals surface area contributed by atoms with Crippen molar-refractivity contribution >= 4 is 17.5 Å². The van der Waals surface area contributed by atoms with E-state index in [9.17, 15) is 4.79 Å². The van der Waals surface area contributed by atoms with E-state index in [0.29, 0.717) is 5.02 Å². The molecule has 0 spiro atoms. The predicted octanol–water partition coefficient (Wildman–Crippen LogP) is 4.38. The van der Waals surface area contributed by atoms with E-state index < -0.39 is 0 Å². The molecule has 0 saturated carbocycles. The smallest absolute Gasteiger partial charge is 0.253 e. The van der Waals surface area contributed by atoms with Gasteiger partial charge in [0.15, 0.2) is 0 Å². The van der Waals surface area contributed by atoms with Crippen LogP contribution in [-0.2, 0) is 0 Å². The molecule has 1 amide bonds. The van der Waals surface area contributed by atoms with Crippen molar-refractivity contribution in [2.75, 3.05) is 13.1 Å². The molecule has 0 aliphatic rings. The first-order valence-electron chi connectivity index (χ1n) is 6.73. The number of amides is 1. The van der Waals surface area contributed by atoms with Gasteiger partial charge >= 0.3 is 0 Å². The Balaban J connectivity index is 2.70. The minimum atomic E-state index is 0.119. The molecule has 0 aliphatic heterocycles. The highest BCUT2D eigenvalue weighted by Gasteiger charge is 2.14. The average Bonchev–Trinajstić information content (AvgIpc) is 2.39. The Morgan fingerprint density at radius 3 is 2.00 bits per heavy atom. The second kappa shape index (κ2) is 8.15. The van der Waals surface area contributed by atoms with Gasteiger partial charge in [0.05, 0.1) is 0 Å². The summed E-state index contributed by atoms with van der Waals surface area (Å²) < 4.78 is 0. The van der Waals surface area contributed by atoms with E-state index in [4.69, 9.17) is 11.6 Å². The maximum absolute atomic E-state index is 12.4. The Labute approximate surface area is 115 Å². The van der Waals surface area contributed by atoms with Crippen LogP contribution in [0.1, 0.15) is 49.9 Å². The molecule has 1 aromatic rings. The minimum Gasteiger partial charge on any atom is -0.339 e. The number of carbonyl (C=O) groups is 1. The molecular weight excluding hydrogens is 246 g/mol. The van der Waals surface area contributed by atoms with Crippen molar-refractivity contribution < 1.29 is 4.79 Å². The minimum absolute atomic E-state index is 0.119. The average molecular weight is 268 g/mol. The maximum atomic E-state index is 12.4. The van der Waals surface area contributed by atoms with Crippen LogP contribution in [0, 0.1) is 0 Å². The molecule has 0 radical (unpaired) electrons. The number of carbonyl (C=O) groups excluding carboxylic acids is 1. The van der Waals surface area contributed by atoms with Gasteiger partial charge in [0.1, 0.15) is 0 Å². The summed E-state index contributed by atoms with van der Waals surface area (Å²) in [5, 5.41) is 0.667. The van der Waals surface area contributed by atoms with Gasteiger partial charge in [-0.05, 0) is 37.1 Å². The molecule has 0 bridgehead atoms. The number of hydrogen-bond acceptors (Lipinski definition) is 1. The Morgan fingerprint density at radius 2 is 1.56 bits per heavy atom. The molecule has 0 unspecified atom stereocenters. The fourth-order valence-corrected chi connectivity index (χ4v) is 1.91. The van der Waals surface area contributed by atoms with Crippen molar-refractivity contribution in [3.05, 3.63) is 34.9 Å². The zero-order valence-corrected chi connectivity index (χ0v) is 12.0. The lowest BCUT2D eigenvalue weighted by atomic mass is 10.1. The van der Waals surface area contributed by atoms with Gasteiger partial charge in [0.2, 0.25) is 0 Å².